The summed E-state index contributed by atoms with van der Waals surface area (Å²) in [5.74, 6) is 0. The standard InChI is InChI=1S/C17H28N2/c1-3-15-6-8-16(9-7-15)12-17(2,13-18)14-19-10-4-5-11-19/h6-9H,3-5,10-14,18H2,1-2H3. The van der Waals surface area contributed by atoms with Gasteiger partial charge in [-0.15, -0.1) is 0 Å². The molecule has 0 aliphatic carbocycles. The monoisotopic (exact) mass is 260 g/mol. The van der Waals surface area contributed by atoms with Crippen LogP contribution in [0.25, 0.3) is 0 Å². The van der Waals surface area contributed by atoms with Crippen molar-refractivity contribution in [2.24, 2.45) is 11.1 Å². The van der Waals surface area contributed by atoms with Crippen molar-refractivity contribution in [1.82, 2.24) is 4.90 Å². The average molecular weight is 260 g/mol. The Bertz CT molecular complexity index is 379. The molecule has 1 fully saturated rings. The van der Waals surface area contributed by atoms with Crippen LogP contribution in [0.3, 0.4) is 0 Å². The highest BCUT2D eigenvalue weighted by Gasteiger charge is 2.27. The van der Waals surface area contributed by atoms with Gasteiger partial charge in [0.1, 0.15) is 0 Å². The van der Waals surface area contributed by atoms with Gasteiger partial charge in [-0.05, 0) is 61.9 Å². The van der Waals surface area contributed by atoms with Crippen molar-refractivity contribution in [2.45, 2.75) is 39.5 Å². The van der Waals surface area contributed by atoms with Crippen molar-refractivity contribution in [1.29, 1.82) is 0 Å². The minimum Gasteiger partial charge on any atom is -0.330 e. The van der Waals surface area contributed by atoms with E-state index < -0.39 is 0 Å². The Morgan fingerprint density at radius 2 is 1.68 bits per heavy atom. The highest BCUT2D eigenvalue weighted by molar-refractivity contribution is 5.23. The maximum absolute atomic E-state index is 6.06. The number of benzene rings is 1. The van der Waals surface area contributed by atoms with E-state index in [0.29, 0.717) is 0 Å². The summed E-state index contributed by atoms with van der Waals surface area (Å²) < 4.78 is 0. The molecule has 1 unspecified atom stereocenters. The van der Waals surface area contributed by atoms with Crippen molar-refractivity contribution in [3.8, 4) is 0 Å². The Morgan fingerprint density at radius 3 is 2.21 bits per heavy atom. The van der Waals surface area contributed by atoms with Crippen LogP contribution >= 0.6 is 0 Å². The molecule has 0 saturated carbocycles. The van der Waals surface area contributed by atoms with E-state index in [-0.39, 0.29) is 5.41 Å². The number of rotatable bonds is 6. The Balaban J connectivity index is 1.99. The summed E-state index contributed by atoms with van der Waals surface area (Å²) in [6.45, 7) is 8.94. The smallest absolute Gasteiger partial charge is 0.00506 e. The second-order valence-corrected chi connectivity index (χ2v) is 6.34. The third kappa shape index (κ3) is 4.05. The molecule has 19 heavy (non-hydrogen) atoms. The van der Waals surface area contributed by atoms with Crippen LogP contribution in [0.5, 0.6) is 0 Å². The second kappa shape index (κ2) is 6.53. The predicted molar refractivity (Wildman–Crippen MR) is 82.4 cm³/mol. The van der Waals surface area contributed by atoms with Crippen molar-refractivity contribution in [3.05, 3.63) is 35.4 Å². The molecule has 2 rings (SSSR count). The first-order chi connectivity index (χ1) is 9.15. The molecule has 1 aromatic rings. The van der Waals surface area contributed by atoms with E-state index >= 15 is 0 Å². The molecule has 0 radical (unpaired) electrons. The number of nitrogens with two attached hydrogens (primary N) is 1. The minimum atomic E-state index is 0.206. The van der Waals surface area contributed by atoms with E-state index in [2.05, 4.69) is 43.0 Å². The minimum absolute atomic E-state index is 0.206. The Morgan fingerprint density at radius 1 is 1.11 bits per heavy atom. The van der Waals surface area contributed by atoms with E-state index in [1.54, 1.807) is 0 Å². The zero-order valence-electron chi connectivity index (χ0n) is 12.5. The zero-order chi connectivity index (χ0) is 13.7. The molecule has 2 N–H and O–H groups in total. The predicted octanol–water partition coefficient (Wildman–Crippen LogP) is 2.85. The van der Waals surface area contributed by atoms with E-state index in [0.717, 1.165) is 25.9 Å². The van der Waals surface area contributed by atoms with Gasteiger partial charge in [-0.1, -0.05) is 38.1 Å². The summed E-state index contributed by atoms with van der Waals surface area (Å²) in [5.41, 5.74) is 9.10. The Kier molecular flexibility index (Phi) is 5.00. The molecular formula is C17H28N2. The van der Waals surface area contributed by atoms with Crippen LogP contribution < -0.4 is 5.73 Å². The maximum Gasteiger partial charge on any atom is 0.00506 e. The topological polar surface area (TPSA) is 29.3 Å². The number of hydrogen-bond acceptors (Lipinski definition) is 2. The van der Waals surface area contributed by atoms with Crippen molar-refractivity contribution in [2.75, 3.05) is 26.2 Å². The highest BCUT2D eigenvalue weighted by atomic mass is 15.1. The quantitative estimate of drug-likeness (QED) is 0.852. The lowest BCUT2D eigenvalue weighted by molar-refractivity contribution is 0.196. The zero-order valence-corrected chi connectivity index (χ0v) is 12.5. The molecule has 1 saturated heterocycles. The van der Waals surface area contributed by atoms with Gasteiger partial charge < -0.3 is 10.6 Å². The molecule has 0 spiro atoms. The van der Waals surface area contributed by atoms with Crippen LogP contribution in [0.2, 0.25) is 0 Å². The maximum atomic E-state index is 6.06. The molecule has 1 aromatic carbocycles. The lowest BCUT2D eigenvalue weighted by Gasteiger charge is -2.33. The number of hydrogen-bond donors (Lipinski definition) is 1. The fraction of sp³-hybridized carbons (Fsp3) is 0.647. The highest BCUT2D eigenvalue weighted by Crippen LogP contribution is 2.25. The summed E-state index contributed by atoms with van der Waals surface area (Å²) in [5, 5.41) is 0. The second-order valence-electron chi connectivity index (χ2n) is 6.34. The molecule has 1 aliphatic heterocycles. The van der Waals surface area contributed by atoms with Gasteiger partial charge in [-0.3, -0.25) is 0 Å². The third-order valence-corrected chi connectivity index (χ3v) is 4.36. The van der Waals surface area contributed by atoms with E-state index in [4.69, 9.17) is 5.73 Å². The first-order valence-electron chi connectivity index (χ1n) is 7.65. The van der Waals surface area contributed by atoms with Crippen molar-refractivity contribution < 1.29 is 0 Å². The number of likely N-dealkylation sites (tertiary alicyclic amines) is 1. The van der Waals surface area contributed by atoms with Gasteiger partial charge in [-0.2, -0.15) is 0 Å². The summed E-state index contributed by atoms with van der Waals surface area (Å²) in [6.07, 6.45) is 4.91. The molecule has 0 amide bonds. The Hall–Kier alpha value is -0.860. The van der Waals surface area contributed by atoms with Crippen LogP contribution in [0.4, 0.5) is 0 Å². The number of aryl methyl sites for hydroxylation is 1. The molecule has 1 atom stereocenters. The molecule has 2 heteroatoms. The lowest BCUT2D eigenvalue weighted by Crippen LogP contribution is -2.41. The van der Waals surface area contributed by atoms with Crippen molar-refractivity contribution >= 4 is 0 Å². The van der Waals surface area contributed by atoms with Crippen LogP contribution in [0, 0.1) is 5.41 Å². The first-order valence-corrected chi connectivity index (χ1v) is 7.65. The molecule has 0 aromatic heterocycles. The molecule has 106 valence electrons. The average Bonchev–Trinajstić information content (AvgIpc) is 2.92. The fourth-order valence-electron chi connectivity index (χ4n) is 3.06. The first kappa shape index (κ1) is 14.5. The summed E-state index contributed by atoms with van der Waals surface area (Å²) in [7, 11) is 0. The molecular weight excluding hydrogens is 232 g/mol. The molecule has 1 heterocycles. The van der Waals surface area contributed by atoms with E-state index in [9.17, 15) is 0 Å². The van der Waals surface area contributed by atoms with Gasteiger partial charge in [-0.25, -0.2) is 0 Å². The van der Waals surface area contributed by atoms with Gasteiger partial charge in [0.15, 0.2) is 0 Å². The molecule has 0 bridgehead atoms. The lowest BCUT2D eigenvalue weighted by atomic mass is 9.83. The van der Waals surface area contributed by atoms with Gasteiger partial charge in [0.05, 0.1) is 0 Å². The largest absolute Gasteiger partial charge is 0.330 e. The van der Waals surface area contributed by atoms with Crippen LogP contribution in [-0.4, -0.2) is 31.1 Å². The van der Waals surface area contributed by atoms with Crippen LogP contribution in [0.1, 0.15) is 37.8 Å². The van der Waals surface area contributed by atoms with Crippen molar-refractivity contribution in [3.63, 3.8) is 0 Å². The van der Waals surface area contributed by atoms with E-state index in [1.165, 1.54) is 37.1 Å². The van der Waals surface area contributed by atoms with Gasteiger partial charge in [0, 0.05) is 6.54 Å². The van der Waals surface area contributed by atoms with Crippen LogP contribution in [-0.2, 0) is 12.8 Å². The summed E-state index contributed by atoms with van der Waals surface area (Å²) in [6, 6.07) is 9.05. The molecule has 1 aliphatic rings. The number of nitrogens with zero attached hydrogens (tertiary/aromatic N) is 1. The Labute approximate surface area is 118 Å². The summed E-state index contributed by atoms with van der Waals surface area (Å²) in [4.78, 5) is 2.58. The van der Waals surface area contributed by atoms with Gasteiger partial charge in [0.2, 0.25) is 0 Å². The van der Waals surface area contributed by atoms with Gasteiger partial charge in [0.25, 0.3) is 0 Å². The molecule has 2 nitrogen and oxygen atoms in total. The van der Waals surface area contributed by atoms with E-state index in [1.807, 2.05) is 0 Å². The SMILES string of the molecule is CCc1ccc(CC(C)(CN)CN2CCCC2)cc1. The third-order valence-electron chi connectivity index (χ3n) is 4.36. The van der Waals surface area contributed by atoms with Gasteiger partial charge >= 0.3 is 0 Å². The van der Waals surface area contributed by atoms with Crippen LogP contribution in [0.15, 0.2) is 24.3 Å². The fourth-order valence-corrected chi connectivity index (χ4v) is 3.06. The summed E-state index contributed by atoms with van der Waals surface area (Å²) >= 11 is 0. The normalized spacial score (nSPS) is 19.5.